The molecule has 2 aromatic heterocycles. The maximum Gasteiger partial charge on any atom is 0.224 e. The normalized spacial score (nSPS) is 24.7. The number of ketones is 1. The van der Waals surface area contributed by atoms with E-state index in [1.807, 2.05) is 6.07 Å². The zero-order chi connectivity index (χ0) is 29.4. The van der Waals surface area contributed by atoms with Crippen molar-refractivity contribution in [2.24, 2.45) is 11.8 Å². The Bertz CT molecular complexity index is 1430. The van der Waals surface area contributed by atoms with Gasteiger partial charge in [-0.1, -0.05) is 31.0 Å². The van der Waals surface area contributed by atoms with Crippen molar-refractivity contribution >= 4 is 23.4 Å². The van der Waals surface area contributed by atoms with Gasteiger partial charge in [-0.2, -0.15) is 10.1 Å². The van der Waals surface area contributed by atoms with Crippen LogP contribution in [-0.4, -0.2) is 51.0 Å². The first-order valence-corrected chi connectivity index (χ1v) is 16.7. The molecule has 7 rings (SSSR count). The lowest BCUT2D eigenvalue weighted by atomic mass is 9.82. The van der Waals surface area contributed by atoms with Crippen molar-refractivity contribution < 1.29 is 4.79 Å². The van der Waals surface area contributed by atoms with Crippen LogP contribution >= 0.6 is 0 Å². The highest BCUT2D eigenvalue weighted by Gasteiger charge is 2.46. The summed E-state index contributed by atoms with van der Waals surface area (Å²) in [6.45, 7) is 0. The first-order valence-electron chi connectivity index (χ1n) is 16.7. The van der Waals surface area contributed by atoms with Crippen molar-refractivity contribution in [2.45, 2.75) is 107 Å². The van der Waals surface area contributed by atoms with E-state index < -0.39 is 0 Å². The molecule has 3 saturated carbocycles. The number of hydrogen-bond donors (Lipinski definition) is 3. The fourth-order valence-corrected chi connectivity index (χ4v) is 8.15. The fraction of sp³-hybridized carbons (Fsp3) is 0.600. The summed E-state index contributed by atoms with van der Waals surface area (Å²) >= 11 is 0. The van der Waals surface area contributed by atoms with Crippen molar-refractivity contribution in [3.05, 3.63) is 58.9 Å². The Morgan fingerprint density at radius 3 is 2.47 bits per heavy atom. The third-order valence-corrected chi connectivity index (χ3v) is 10.9. The highest BCUT2D eigenvalue weighted by atomic mass is 16.1. The molecule has 3 aromatic rings. The molecule has 1 aromatic carbocycles. The van der Waals surface area contributed by atoms with Gasteiger partial charge in [-0.3, -0.25) is 14.8 Å². The summed E-state index contributed by atoms with van der Waals surface area (Å²) in [5, 5.41) is 14.5. The molecule has 0 radical (unpaired) electrons. The number of aromatic nitrogens is 4. The number of rotatable bonds is 11. The van der Waals surface area contributed by atoms with Crippen LogP contribution in [0.25, 0.3) is 0 Å². The predicted octanol–water partition coefficient (Wildman–Crippen LogP) is 6.89. The minimum absolute atomic E-state index is 0.251. The average molecular weight is 582 g/mol. The number of aromatic amines is 1. The van der Waals surface area contributed by atoms with Crippen LogP contribution in [0, 0.1) is 11.8 Å². The molecule has 8 nitrogen and oxygen atoms in total. The average Bonchev–Trinajstić information content (AvgIpc) is 3.29. The van der Waals surface area contributed by atoms with Crippen LogP contribution in [0.1, 0.15) is 105 Å². The molecular formula is C35H47N7O. The number of nitrogens with zero attached hydrogens (tertiary/aromatic N) is 4. The molecule has 0 bridgehead atoms. The molecule has 3 N–H and O–H groups in total. The summed E-state index contributed by atoms with van der Waals surface area (Å²) in [5.41, 5.74) is 5.88. The summed E-state index contributed by atoms with van der Waals surface area (Å²) in [7, 11) is 4.39. The van der Waals surface area contributed by atoms with Gasteiger partial charge < -0.3 is 10.6 Å². The number of carbonyl (C=O) groups is 1. The van der Waals surface area contributed by atoms with Gasteiger partial charge in [-0.15, -0.1) is 0 Å². The zero-order valence-corrected chi connectivity index (χ0v) is 25.9. The number of H-pyrrole nitrogens is 1. The maximum atomic E-state index is 13.1. The van der Waals surface area contributed by atoms with Crippen LogP contribution in [0.15, 0.2) is 36.5 Å². The second kappa shape index (κ2) is 12.0. The number of anilines is 3. The molecule has 2 heterocycles. The number of Topliss-reactive ketones (excluding diaryl/α,β-unsaturated/α-hetero) is 1. The molecular weight excluding hydrogens is 534 g/mol. The SMILES string of the molecule is CN(C)C1(c2ccc3c(c2)CC(CC(=O)CC2CCC(Nc4nccc(Nc5cc(C6CCCC6)[nH]n5)n4)CC2)C3)CC1. The Labute approximate surface area is 255 Å². The third-order valence-electron chi connectivity index (χ3n) is 10.9. The Morgan fingerprint density at radius 1 is 0.930 bits per heavy atom. The van der Waals surface area contributed by atoms with E-state index in [4.69, 9.17) is 4.98 Å². The molecule has 0 spiro atoms. The number of fused-ring (bicyclic) bond motifs is 1. The minimum Gasteiger partial charge on any atom is -0.351 e. The maximum absolute atomic E-state index is 13.1. The van der Waals surface area contributed by atoms with E-state index in [0.29, 0.717) is 35.5 Å². The predicted molar refractivity (Wildman–Crippen MR) is 171 cm³/mol. The Balaban J connectivity index is 0.852. The van der Waals surface area contributed by atoms with Gasteiger partial charge in [0, 0.05) is 48.3 Å². The van der Waals surface area contributed by atoms with Crippen LogP contribution in [0.2, 0.25) is 0 Å². The number of hydrogen-bond acceptors (Lipinski definition) is 7. The highest BCUT2D eigenvalue weighted by molar-refractivity contribution is 5.79. The topological polar surface area (TPSA) is 98.8 Å². The van der Waals surface area contributed by atoms with Gasteiger partial charge in [-0.25, -0.2) is 4.98 Å². The van der Waals surface area contributed by atoms with E-state index >= 15 is 0 Å². The first-order chi connectivity index (χ1) is 20.9. The summed E-state index contributed by atoms with van der Waals surface area (Å²) < 4.78 is 0. The van der Waals surface area contributed by atoms with Crippen molar-refractivity contribution in [1.29, 1.82) is 0 Å². The van der Waals surface area contributed by atoms with Gasteiger partial charge in [-0.05, 0) is 113 Å². The highest BCUT2D eigenvalue weighted by Crippen LogP contribution is 2.50. The molecule has 0 amide bonds. The van der Waals surface area contributed by atoms with E-state index in [1.54, 1.807) is 6.20 Å². The molecule has 8 heteroatoms. The summed E-state index contributed by atoms with van der Waals surface area (Å²) in [6, 6.07) is 11.5. The third kappa shape index (κ3) is 6.35. The van der Waals surface area contributed by atoms with E-state index in [-0.39, 0.29) is 5.54 Å². The summed E-state index contributed by atoms with van der Waals surface area (Å²) in [4.78, 5) is 24.7. The van der Waals surface area contributed by atoms with E-state index in [1.165, 1.54) is 60.9 Å². The quantitative estimate of drug-likeness (QED) is 0.227. The van der Waals surface area contributed by atoms with Gasteiger partial charge >= 0.3 is 0 Å². The molecule has 4 aliphatic rings. The van der Waals surface area contributed by atoms with Crippen molar-refractivity contribution in [2.75, 3.05) is 24.7 Å². The van der Waals surface area contributed by atoms with Crippen LogP contribution in [0.5, 0.6) is 0 Å². The molecule has 4 aliphatic carbocycles. The first kappa shape index (κ1) is 28.5. The molecule has 1 atom stereocenters. The van der Waals surface area contributed by atoms with Gasteiger partial charge in [0.25, 0.3) is 0 Å². The Kier molecular flexibility index (Phi) is 7.97. The number of nitrogens with one attached hydrogen (secondary N) is 3. The van der Waals surface area contributed by atoms with Gasteiger partial charge in [0.2, 0.25) is 5.95 Å². The summed E-state index contributed by atoms with van der Waals surface area (Å²) in [5.74, 6) is 4.23. The van der Waals surface area contributed by atoms with Crippen LogP contribution in [-0.2, 0) is 23.2 Å². The van der Waals surface area contributed by atoms with Crippen LogP contribution in [0.3, 0.4) is 0 Å². The fourth-order valence-electron chi connectivity index (χ4n) is 8.15. The monoisotopic (exact) mass is 581 g/mol. The molecule has 3 fully saturated rings. The lowest BCUT2D eigenvalue weighted by Crippen LogP contribution is -2.28. The summed E-state index contributed by atoms with van der Waals surface area (Å²) in [6.07, 6.45) is 17.2. The lowest BCUT2D eigenvalue weighted by molar-refractivity contribution is -0.121. The lowest BCUT2D eigenvalue weighted by Gasteiger charge is -2.29. The Hall–Kier alpha value is -3.26. The molecule has 1 unspecified atom stereocenters. The minimum atomic E-state index is 0.251. The van der Waals surface area contributed by atoms with E-state index in [0.717, 1.165) is 63.0 Å². The molecule has 0 aliphatic heterocycles. The zero-order valence-electron chi connectivity index (χ0n) is 25.9. The smallest absolute Gasteiger partial charge is 0.224 e. The van der Waals surface area contributed by atoms with Crippen LogP contribution in [0.4, 0.5) is 17.6 Å². The molecule has 0 saturated heterocycles. The van der Waals surface area contributed by atoms with Crippen molar-refractivity contribution in [3.63, 3.8) is 0 Å². The van der Waals surface area contributed by atoms with Crippen molar-refractivity contribution in [1.82, 2.24) is 25.1 Å². The largest absolute Gasteiger partial charge is 0.351 e. The van der Waals surface area contributed by atoms with Gasteiger partial charge in [0.15, 0.2) is 5.82 Å². The Morgan fingerprint density at radius 2 is 1.70 bits per heavy atom. The van der Waals surface area contributed by atoms with Gasteiger partial charge in [0.05, 0.1) is 0 Å². The van der Waals surface area contributed by atoms with E-state index in [9.17, 15) is 4.79 Å². The van der Waals surface area contributed by atoms with Gasteiger partial charge in [0.1, 0.15) is 11.6 Å². The second-order valence-corrected chi connectivity index (χ2v) is 14.1. The second-order valence-electron chi connectivity index (χ2n) is 14.1. The number of benzene rings is 1. The molecule has 43 heavy (non-hydrogen) atoms. The van der Waals surface area contributed by atoms with Crippen molar-refractivity contribution in [3.8, 4) is 0 Å². The van der Waals surface area contributed by atoms with E-state index in [2.05, 4.69) is 69.1 Å². The number of carbonyl (C=O) groups excluding carboxylic acids is 1. The van der Waals surface area contributed by atoms with Crippen LogP contribution < -0.4 is 10.6 Å². The standard InChI is InChI=1S/C35H47N7O/c1-42(2)35(14-15-35)28-10-9-26-17-24(18-27(26)21-28)20-30(43)19-23-7-11-29(12-8-23)37-34-36-16-13-32(39-34)38-33-22-31(40-41-33)25-5-3-4-6-25/h9-10,13,16,21-25,29H,3-8,11-12,14-15,17-20H2,1-2H3,(H3,36,37,38,39,40,41). The molecule has 228 valence electrons.